The van der Waals surface area contributed by atoms with E-state index in [-0.39, 0.29) is 5.91 Å². The van der Waals surface area contributed by atoms with Crippen molar-refractivity contribution in [1.29, 1.82) is 0 Å². The third-order valence-electron chi connectivity index (χ3n) is 3.44. The Labute approximate surface area is 148 Å². The Morgan fingerprint density at radius 3 is 2.96 bits per heavy atom. The van der Waals surface area contributed by atoms with E-state index >= 15 is 0 Å². The number of aromatic nitrogens is 2. The summed E-state index contributed by atoms with van der Waals surface area (Å²) in [6.45, 7) is 2.55. The average molecular weight is 366 g/mol. The van der Waals surface area contributed by atoms with Crippen molar-refractivity contribution in [1.82, 2.24) is 15.1 Å². The number of anilines is 2. The second-order valence-corrected chi connectivity index (χ2v) is 7.18. The van der Waals surface area contributed by atoms with Crippen molar-refractivity contribution < 1.29 is 14.3 Å². The molecule has 0 aliphatic carbocycles. The van der Waals surface area contributed by atoms with Crippen molar-refractivity contribution in [3.63, 3.8) is 0 Å². The smallest absolute Gasteiger partial charge is 0.233 e. The Morgan fingerprint density at radius 1 is 1.38 bits per heavy atom. The highest BCUT2D eigenvalue weighted by atomic mass is 32.2. The predicted molar refractivity (Wildman–Crippen MR) is 94.3 cm³/mol. The minimum atomic E-state index is 0.109. The van der Waals surface area contributed by atoms with Crippen LogP contribution in [-0.4, -0.2) is 60.2 Å². The highest BCUT2D eigenvalue weighted by Crippen LogP contribution is 2.31. The monoisotopic (exact) mass is 366 g/mol. The third kappa shape index (κ3) is 4.37. The van der Waals surface area contributed by atoms with Gasteiger partial charge in [-0.05, 0) is 12.1 Å². The molecular weight excluding hydrogens is 348 g/mol. The molecule has 1 fully saturated rings. The van der Waals surface area contributed by atoms with E-state index in [1.807, 2.05) is 29.2 Å². The molecule has 1 aromatic heterocycles. The van der Waals surface area contributed by atoms with Crippen LogP contribution in [0.15, 0.2) is 28.6 Å². The number of ether oxygens (including phenoxy) is 2. The number of methoxy groups -OCH3 is 1. The molecule has 9 heteroatoms. The fourth-order valence-corrected chi connectivity index (χ4v) is 3.88. The van der Waals surface area contributed by atoms with E-state index < -0.39 is 0 Å². The van der Waals surface area contributed by atoms with Crippen LogP contribution in [0.3, 0.4) is 0 Å². The van der Waals surface area contributed by atoms with Crippen molar-refractivity contribution in [2.24, 2.45) is 0 Å². The van der Waals surface area contributed by atoms with Gasteiger partial charge < -0.3 is 19.7 Å². The number of hydrogen-bond donors (Lipinski definition) is 1. The molecule has 0 bridgehead atoms. The van der Waals surface area contributed by atoms with Gasteiger partial charge in [-0.15, -0.1) is 10.2 Å². The van der Waals surface area contributed by atoms with Crippen LogP contribution in [0.5, 0.6) is 5.75 Å². The van der Waals surface area contributed by atoms with E-state index in [2.05, 4.69) is 15.5 Å². The van der Waals surface area contributed by atoms with E-state index in [1.54, 1.807) is 7.11 Å². The molecule has 1 aliphatic heterocycles. The lowest BCUT2D eigenvalue weighted by Gasteiger charge is -2.26. The number of nitrogens with one attached hydrogen (secondary N) is 1. The number of para-hydroxylation sites is 2. The fraction of sp³-hybridized carbons (Fsp3) is 0.400. The molecule has 0 atom stereocenters. The van der Waals surface area contributed by atoms with Crippen molar-refractivity contribution in [3.05, 3.63) is 24.3 Å². The zero-order valence-electron chi connectivity index (χ0n) is 13.2. The Morgan fingerprint density at radius 2 is 2.17 bits per heavy atom. The molecule has 1 aliphatic rings. The summed E-state index contributed by atoms with van der Waals surface area (Å²) in [5.41, 5.74) is 0.831. The molecule has 0 saturated carbocycles. The highest BCUT2D eigenvalue weighted by Gasteiger charge is 2.17. The van der Waals surface area contributed by atoms with Crippen molar-refractivity contribution in [3.8, 4) is 5.75 Å². The number of nitrogens with zero attached hydrogens (tertiary/aromatic N) is 3. The van der Waals surface area contributed by atoms with E-state index in [0.717, 1.165) is 15.8 Å². The number of carbonyl (C=O) groups excluding carboxylic acids is 1. The average Bonchev–Trinajstić information content (AvgIpc) is 3.08. The highest BCUT2D eigenvalue weighted by molar-refractivity contribution is 8.01. The molecule has 1 amide bonds. The van der Waals surface area contributed by atoms with Gasteiger partial charge in [0.05, 0.1) is 31.8 Å². The van der Waals surface area contributed by atoms with Gasteiger partial charge in [0.1, 0.15) is 5.75 Å². The van der Waals surface area contributed by atoms with Crippen LogP contribution in [0.1, 0.15) is 0 Å². The molecule has 0 radical (unpaired) electrons. The molecule has 2 heterocycles. The van der Waals surface area contributed by atoms with Crippen LogP contribution in [0.25, 0.3) is 0 Å². The Balaban J connectivity index is 1.54. The lowest BCUT2D eigenvalue weighted by molar-refractivity contribution is -0.132. The van der Waals surface area contributed by atoms with Gasteiger partial charge >= 0.3 is 0 Å². The minimum Gasteiger partial charge on any atom is -0.495 e. The molecule has 128 valence electrons. The maximum atomic E-state index is 12.1. The number of morpholine rings is 1. The predicted octanol–water partition coefficient (Wildman–Crippen LogP) is 2.24. The molecule has 0 spiro atoms. The third-order valence-corrected chi connectivity index (χ3v) is 5.39. The maximum absolute atomic E-state index is 12.1. The normalized spacial score (nSPS) is 14.5. The number of thioether (sulfide) groups is 1. The second-order valence-electron chi connectivity index (χ2n) is 4.98. The fourth-order valence-electron chi connectivity index (χ4n) is 2.21. The number of amides is 1. The summed E-state index contributed by atoms with van der Waals surface area (Å²) in [5.74, 6) is 1.21. The number of carbonyl (C=O) groups is 1. The quantitative estimate of drug-likeness (QED) is 0.786. The first-order chi connectivity index (χ1) is 11.8. The van der Waals surface area contributed by atoms with Crippen molar-refractivity contribution >= 4 is 39.8 Å². The lowest BCUT2D eigenvalue weighted by Crippen LogP contribution is -2.41. The molecule has 7 nitrogen and oxygen atoms in total. The topological polar surface area (TPSA) is 76.6 Å². The van der Waals surface area contributed by atoms with Gasteiger partial charge in [-0.25, -0.2) is 0 Å². The largest absolute Gasteiger partial charge is 0.495 e. The summed E-state index contributed by atoms with van der Waals surface area (Å²) in [5, 5.41) is 12.1. The van der Waals surface area contributed by atoms with E-state index in [4.69, 9.17) is 9.47 Å². The van der Waals surface area contributed by atoms with Crippen LogP contribution >= 0.6 is 23.1 Å². The molecule has 3 rings (SSSR count). The van der Waals surface area contributed by atoms with E-state index in [0.29, 0.717) is 37.2 Å². The van der Waals surface area contributed by atoms with Crippen LogP contribution in [0.4, 0.5) is 10.8 Å². The summed E-state index contributed by atoms with van der Waals surface area (Å²) in [4.78, 5) is 14.0. The van der Waals surface area contributed by atoms with Gasteiger partial charge in [0.15, 0.2) is 4.34 Å². The number of benzene rings is 1. The lowest BCUT2D eigenvalue weighted by atomic mass is 10.3. The summed E-state index contributed by atoms with van der Waals surface area (Å²) in [6, 6.07) is 7.61. The van der Waals surface area contributed by atoms with Gasteiger partial charge in [-0.1, -0.05) is 35.2 Å². The van der Waals surface area contributed by atoms with Crippen molar-refractivity contribution in [2.75, 3.05) is 44.5 Å². The van der Waals surface area contributed by atoms with Gasteiger partial charge in [-0.3, -0.25) is 4.79 Å². The van der Waals surface area contributed by atoms with Gasteiger partial charge in [0.2, 0.25) is 11.0 Å². The summed E-state index contributed by atoms with van der Waals surface area (Å²) in [6.07, 6.45) is 0. The Bertz CT molecular complexity index is 689. The van der Waals surface area contributed by atoms with Gasteiger partial charge in [0, 0.05) is 13.1 Å². The van der Waals surface area contributed by atoms with E-state index in [9.17, 15) is 4.79 Å². The SMILES string of the molecule is COc1ccccc1Nc1nnc(SCC(=O)N2CCOCC2)s1. The summed E-state index contributed by atoms with van der Waals surface area (Å²) in [7, 11) is 1.62. The Hall–Kier alpha value is -1.84. The first-order valence-corrected chi connectivity index (χ1v) is 9.28. The zero-order valence-corrected chi connectivity index (χ0v) is 14.9. The molecule has 0 unspecified atom stereocenters. The van der Waals surface area contributed by atoms with Gasteiger partial charge in [0.25, 0.3) is 0 Å². The maximum Gasteiger partial charge on any atom is 0.233 e. The summed E-state index contributed by atoms with van der Waals surface area (Å²) < 4.78 is 11.3. The second kappa shape index (κ2) is 8.32. The minimum absolute atomic E-state index is 0.109. The standard InChI is InChI=1S/C15H18N4O3S2/c1-21-12-5-3-2-4-11(12)16-14-17-18-15(24-14)23-10-13(20)19-6-8-22-9-7-19/h2-5H,6-10H2,1H3,(H,16,17). The van der Waals surface area contributed by atoms with Crippen LogP contribution in [-0.2, 0) is 9.53 Å². The molecular formula is C15H18N4O3S2. The molecule has 1 saturated heterocycles. The zero-order chi connectivity index (χ0) is 16.8. The number of hydrogen-bond acceptors (Lipinski definition) is 8. The van der Waals surface area contributed by atoms with Crippen LogP contribution < -0.4 is 10.1 Å². The van der Waals surface area contributed by atoms with Crippen LogP contribution in [0, 0.1) is 0 Å². The number of rotatable bonds is 6. The first-order valence-electron chi connectivity index (χ1n) is 7.48. The summed E-state index contributed by atoms with van der Waals surface area (Å²) >= 11 is 2.82. The first kappa shape index (κ1) is 17.0. The molecule has 24 heavy (non-hydrogen) atoms. The van der Waals surface area contributed by atoms with Gasteiger partial charge in [-0.2, -0.15) is 0 Å². The molecule has 2 aromatic rings. The Kier molecular flexibility index (Phi) is 5.89. The molecule has 1 N–H and O–H groups in total. The van der Waals surface area contributed by atoms with Crippen LogP contribution in [0.2, 0.25) is 0 Å². The van der Waals surface area contributed by atoms with Crippen molar-refractivity contribution in [2.45, 2.75) is 4.34 Å². The van der Waals surface area contributed by atoms with E-state index in [1.165, 1.54) is 23.1 Å². The molecule has 1 aromatic carbocycles.